The summed E-state index contributed by atoms with van der Waals surface area (Å²) in [5, 5.41) is 37.0. The van der Waals surface area contributed by atoms with Crippen molar-refractivity contribution in [3.8, 4) is 23.0 Å². The number of nitrogens with one attached hydrogen (secondary N) is 2. The Labute approximate surface area is 814 Å². The molecule has 4 amide bonds. The maximum absolute atomic E-state index is 13.7. The number of carboxylic acid groups (broad SMARTS) is 1. The van der Waals surface area contributed by atoms with Crippen molar-refractivity contribution in [2.24, 2.45) is 0 Å². The van der Waals surface area contributed by atoms with Crippen molar-refractivity contribution < 1.29 is 119 Å². The van der Waals surface area contributed by atoms with E-state index in [1.54, 1.807) is 38.1 Å². The number of hydroxylamine groups is 2. The lowest BCUT2D eigenvalue weighted by atomic mass is 9.81. The van der Waals surface area contributed by atoms with Crippen LogP contribution in [0.15, 0.2) is 189 Å². The first-order chi connectivity index (χ1) is 65.0. The summed E-state index contributed by atoms with van der Waals surface area (Å²) in [6, 6.07) is 18.2. The van der Waals surface area contributed by atoms with Crippen molar-refractivity contribution >= 4 is 110 Å². The van der Waals surface area contributed by atoms with Crippen LogP contribution in [-0.2, 0) is 109 Å². The highest BCUT2D eigenvalue weighted by atomic mass is 32.2. The molecule has 0 saturated carbocycles. The van der Waals surface area contributed by atoms with Crippen LogP contribution in [-0.4, -0.2) is 179 Å². The predicted octanol–water partition coefficient (Wildman–Crippen LogP) is 16.5. The van der Waals surface area contributed by atoms with Gasteiger partial charge in [-0.2, -0.15) is 42.8 Å². The van der Waals surface area contributed by atoms with E-state index in [2.05, 4.69) is 29.6 Å². The van der Waals surface area contributed by atoms with E-state index in [0.29, 0.717) is 144 Å². The van der Waals surface area contributed by atoms with E-state index in [1.165, 1.54) is 48.5 Å². The highest BCUT2D eigenvalue weighted by Crippen LogP contribution is 2.53. The second kappa shape index (κ2) is 41.5. The lowest BCUT2D eigenvalue weighted by Crippen LogP contribution is -2.51. The van der Waals surface area contributed by atoms with Crippen LogP contribution in [0.2, 0.25) is 0 Å². The van der Waals surface area contributed by atoms with Crippen molar-refractivity contribution in [1.29, 1.82) is 0 Å². The number of imide groups is 1. The number of nitrogens with zero attached hydrogens (tertiary/aromatic N) is 5. The number of ether oxygens (including phenoxy) is 2. The molecule has 0 aromatic heterocycles. The number of anilines is 2. The number of carbonyl (C=O) groups excluding carboxylic acids is 5. The number of hydrogen-bond donors (Lipinski definition) is 9. The number of benzene rings is 6. The molecule has 7 heterocycles. The van der Waals surface area contributed by atoms with Crippen molar-refractivity contribution in [1.82, 2.24) is 15.7 Å². The maximum Gasteiger partial charge on any atom is 0.333 e. The predicted molar refractivity (Wildman–Crippen MR) is 529 cm³/mol. The quantitative estimate of drug-likeness (QED) is 0.00586. The van der Waals surface area contributed by atoms with Crippen molar-refractivity contribution in [3.63, 3.8) is 0 Å². The van der Waals surface area contributed by atoms with Crippen LogP contribution in [0.5, 0.6) is 23.0 Å². The summed E-state index contributed by atoms with van der Waals surface area (Å²) in [6.07, 6.45) is 33.4. The fourth-order valence-electron chi connectivity index (χ4n) is 19.5. The highest BCUT2D eigenvalue weighted by Gasteiger charge is 2.50. The summed E-state index contributed by atoms with van der Waals surface area (Å²) in [7, 11) is -17.8. The molecule has 35 heteroatoms. The number of phenolic OH excluding ortho intramolecular Hbond substituents is 2. The lowest BCUT2D eigenvalue weighted by molar-refractivity contribution is -0.438. The van der Waals surface area contributed by atoms with Crippen molar-refractivity contribution in [2.45, 2.75) is 266 Å². The van der Waals surface area contributed by atoms with Crippen molar-refractivity contribution in [3.05, 3.63) is 236 Å². The van der Waals surface area contributed by atoms with E-state index >= 15 is 0 Å². The summed E-state index contributed by atoms with van der Waals surface area (Å²) < 4.78 is 154. The number of phenols is 2. The molecule has 6 aromatic rings. The highest BCUT2D eigenvalue weighted by molar-refractivity contribution is 7.86. The van der Waals surface area contributed by atoms with Gasteiger partial charge in [0.05, 0.1) is 30.4 Å². The average Bonchev–Trinajstić information content (AvgIpc) is 1.66. The number of aliphatic carboxylic acids is 1. The van der Waals surface area contributed by atoms with E-state index < -0.39 is 97.1 Å². The number of hydrogen-bond acceptors (Lipinski definition) is 21. The van der Waals surface area contributed by atoms with E-state index in [1.807, 2.05) is 182 Å². The molecule has 0 radical (unpaired) electrons. The number of carbonyl (C=O) groups is 6. The second-order valence-electron chi connectivity index (χ2n) is 38.9. The SMILES string of the molecule is Cc1c(C)c2c(c(C)c1O)CCC(C)(C(=O)NCCC[N+]1=C(/C=C/C=C/C=C/C=C3/N(CCCCCC(=O)O)c4ccc(S(=O)(=O)O)cc4C3(C)C)C(C)(C)c3cc(S(=O)(=O)O)ccc31)O2.Cc1c(C)c2c(c(C)c1O)CCC(C)(C(=O)NCCC[N+]1=C(/C=C/C=C/C=C/C=C3/N(CCCCCC(=O)ON4C(=O)CCC4=O)c4ccc(S(=O)(=O)O)cc4C3(C)C)C(C)(C)c3cc(S(=O)(=O)O)ccc31)O2. The topological polar surface area (TPSA) is 448 Å². The van der Waals surface area contributed by atoms with Crippen LogP contribution in [0, 0.1) is 41.5 Å². The molecule has 6 aromatic carbocycles. The zero-order chi connectivity index (χ0) is 102. The normalized spacial score (nSPS) is 19.7. The van der Waals surface area contributed by atoms with Gasteiger partial charge in [0.15, 0.2) is 35.7 Å². The van der Waals surface area contributed by atoms with Crippen LogP contribution in [0.1, 0.15) is 226 Å². The third-order valence-corrected chi connectivity index (χ3v) is 31.4. The van der Waals surface area contributed by atoms with E-state index in [9.17, 15) is 90.9 Å². The van der Waals surface area contributed by atoms with Crippen molar-refractivity contribution in [2.75, 3.05) is 49.1 Å². The molecular formula is C104H127N7O24S4+2. The summed E-state index contributed by atoms with van der Waals surface area (Å²) in [5.41, 5.74) is 11.1. The fraction of sp³-hybridized carbons (Fsp3) is 0.423. The van der Waals surface area contributed by atoms with Gasteiger partial charge in [-0.05, 0) is 239 Å². The Hall–Kier alpha value is -12.0. The summed E-state index contributed by atoms with van der Waals surface area (Å²) >= 11 is 0. The number of rotatable bonds is 35. The largest absolute Gasteiger partial charge is 0.507 e. The number of fused-ring (bicyclic) bond motifs is 6. The Balaban J connectivity index is 0.000000250. The van der Waals surface area contributed by atoms with Gasteiger partial charge < -0.3 is 50.1 Å². The van der Waals surface area contributed by atoms with Gasteiger partial charge in [-0.15, -0.1) is 5.06 Å². The Morgan fingerprint density at radius 3 is 1.14 bits per heavy atom. The molecular weight excluding hydrogens is 1860 g/mol. The maximum atomic E-state index is 13.7. The Morgan fingerprint density at radius 1 is 0.424 bits per heavy atom. The van der Waals surface area contributed by atoms with E-state index in [4.69, 9.17) is 19.4 Å². The Bertz CT molecular complexity index is 6790. The minimum atomic E-state index is -4.48. The van der Waals surface area contributed by atoms with Crippen LogP contribution >= 0.6 is 0 Å². The molecule has 0 spiro atoms. The number of carboxylic acids is 1. The van der Waals surface area contributed by atoms with Gasteiger partial charge in [-0.3, -0.25) is 42.2 Å². The average molecular weight is 1990 g/mol. The van der Waals surface area contributed by atoms with Gasteiger partial charge in [0.25, 0.3) is 64.1 Å². The van der Waals surface area contributed by atoms with E-state index in [-0.39, 0.29) is 68.6 Å². The molecule has 2 unspecified atom stereocenters. The lowest BCUT2D eigenvalue weighted by Gasteiger charge is -2.36. The van der Waals surface area contributed by atoms with Gasteiger partial charge >= 0.3 is 11.9 Å². The number of allylic oxidation sites excluding steroid dienone is 16. The molecule has 0 aliphatic carbocycles. The smallest absolute Gasteiger partial charge is 0.333 e. The monoisotopic (exact) mass is 1990 g/mol. The summed E-state index contributed by atoms with van der Waals surface area (Å²) in [5.74, 6) is -1.29. The molecule has 139 heavy (non-hydrogen) atoms. The molecule has 31 nitrogen and oxygen atoms in total. The summed E-state index contributed by atoms with van der Waals surface area (Å²) in [4.78, 5) is 82.9. The molecule has 7 aliphatic rings. The molecule has 1 fully saturated rings. The zero-order valence-electron chi connectivity index (χ0n) is 81.5. The first-order valence-corrected chi connectivity index (χ1v) is 52.4. The second-order valence-corrected chi connectivity index (χ2v) is 44.5. The van der Waals surface area contributed by atoms with E-state index in [0.717, 1.165) is 101 Å². The molecule has 744 valence electrons. The van der Waals surface area contributed by atoms with Gasteiger partial charge in [0.2, 0.25) is 11.4 Å². The zero-order valence-corrected chi connectivity index (χ0v) is 84.8. The summed E-state index contributed by atoms with van der Waals surface area (Å²) in [6.45, 7) is 33.2. The van der Waals surface area contributed by atoms with Crippen LogP contribution < -0.4 is 29.9 Å². The van der Waals surface area contributed by atoms with Crippen LogP contribution in [0.25, 0.3) is 0 Å². The number of amides is 4. The van der Waals surface area contributed by atoms with Gasteiger partial charge in [-0.1, -0.05) is 101 Å². The number of unbranched alkanes of at least 4 members (excludes halogenated alkanes) is 4. The van der Waals surface area contributed by atoms with Gasteiger partial charge in [0, 0.05) is 158 Å². The third kappa shape index (κ3) is 22.6. The molecule has 7 aliphatic heterocycles. The Kier molecular flexibility index (Phi) is 31.6. The standard InChI is InChI=1S/C54H64N4O13S2.C50H61N3O11S2/c1-34-35(2)50-39(36(3)49(34)62)27-28-54(8,70-50)51(63)55-29-17-31-57-43-24-22-38(73(67,68)69)33-41(43)53(6,7)45(57)19-14-11-9-10-13-18-44-52(4,5)40-32-37(72(64,65)66)21-23-42(40)56(44)30-16-12-15-20-48(61)71-58-46(59)25-26-47(58)60;1-32-33(2)46-37(34(3)45(32)56)25-26-50(8,64-46)47(57)51-27-17-29-53-41-24-22-36(66(61,62)63)31-39(41)49(6,7)43(53)19-14-11-9-10-13-18-42-48(4,5)38-30-35(65(58,59)60)21-23-40(38)52(42)28-16-12-15-20-44(54)55/h9-11,13-14,18-19,21-24,32-33H,12,15-17,20,25-31H2,1-8H3,(H3-,55,62,63,64,65,66,67,68,69);9-11,13-14,18-19,21-24,30-31H,12,15-17,20,25-29H2,1-8H3,(H4-,51,54,55,56,57,58,59,60,61,62,63)/p+2. The molecule has 1 saturated heterocycles. The number of aromatic hydroxyl groups is 2. The third-order valence-electron chi connectivity index (χ3n) is 28.0. The van der Waals surface area contributed by atoms with Gasteiger partial charge in [0.1, 0.15) is 23.0 Å². The molecule has 2 atom stereocenters. The first kappa shape index (κ1) is 106. The van der Waals surface area contributed by atoms with Gasteiger partial charge in [-0.25, -0.2) is 4.79 Å². The fourth-order valence-corrected chi connectivity index (χ4v) is 21.5. The van der Waals surface area contributed by atoms with Crippen LogP contribution in [0.3, 0.4) is 0 Å². The minimum absolute atomic E-state index is 0.0117. The Morgan fingerprint density at radius 2 is 0.770 bits per heavy atom. The molecule has 0 bridgehead atoms. The molecule has 9 N–H and O–H groups in total. The first-order valence-electron chi connectivity index (χ1n) is 46.6. The van der Waals surface area contributed by atoms with Crippen LogP contribution in [0.4, 0.5) is 22.7 Å². The molecule has 13 rings (SSSR count). The minimum Gasteiger partial charge on any atom is -0.507 e.